The van der Waals surface area contributed by atoms with Gasteiger partial charge in [0.25, 0.3) is 5.94 Å². The van der Waals surface area contributed by atoms with Crippen LogP contribution in [0.4, 0.5) is 0 Å². The summed E-state index contributed by atoms with van der Waals surface area (Å²) in [6.07, 6.45) is 0.929. The van der Waals surface area contributed by atoms with Crippen molar-refractivity contribution in [1.82, 2.24) is 0 Å². The van der Waals surface area contributed by atoms with Crippen LogP contribution in [-0.2, 0) is 19.4 Å². The maximum absolute atomic E-state index is 10.6. The molecule has 0 rings (SSSR count). The van der Waals surface area contributed by atoms with Crippen LogP contribution >= 0.6 is 0 Å². The summed E-state index contributed by atoms with van der Waals surface area (Å²) in [5, 5.41) is 0. The van der Waals surface area contributed by atoms with E-state index < -0.39 is 15.8 Å². The molecule has 1 radical (unpaired) electrons. The highest BCUT2D eigenvalue weighted by atomic mass is 32.2. The van der Waals surface area contributed by atoms with Gasteiger partial charge in [-0.1, -0.05) is 6.58 Å². The molecule has 0 saturated heterocycles. The Kier molecular flexibility index (Phi) is 3.25. The third-order valence-electron chi connectivity index (χ3n) is 0.678. The number of sulfone groups is 1. The van der Waals surface area contributed by atoms with Gasteiger partial charge in [0.1, 0.15) is 0 Å². The highest BCUT2D eigenvalue weighted by Gasteiger charge is 2.09. The zero-order valence-corrected chi connectivity index (χ0v) is 7.14. The average Bonchev–Trinajstić information content (AvgIpc) is 1.80. The molecule has 0 N–H and O–H groups in total. The molecule has 5 heteroatoms. The van der Waals surface area contributed by atoms with Crippen LogP contribution in [0, 0.1) is 5.94 Å². The zero-order valence-electron chi connectivity index (χ0n) is 6.33. The summed E-state index contributed by atoms with van der Waals surface area (Å²) in [6, 6.07) is 0. The van der Waals surface area contributed by atoms with Crippen LogP contribution in [0.25, 0.3) is 0 Å². The van der Waals surface area contributed by atoms with Gasteiger partial charge in [-0.3, -0.25) is 0 Å². The highest BCUT2D eigenvalue weighted by Crippen LogP contribution is 1.98. The Balaban J connectivity index is 3.92. The van der Waals surface area contributed by atoms with Gasteiger partial charge in [-0.15, -0.1) is 0 Å². The summed E-state index contributed by atoms with van der Waals surface area (Å²) in [5.74, 6) is -0.250. The fourth-order valence-corrected chi connectivity index (χ4v) is 0.494. The molecule has 0 fully saturated rings. The topological polar surface area (TPSA) is 60.4 Å². The molecule has 0 amide bonds. The van der Waals surface area contributed by atoms with Gasteiger partial charge in [0, 0.05) is 11.8 Å². The van der Waals surface area contributed by atoms with Crippen molar-refractivity contribution in [3.8, 4) is 0 Å². The maximum atomic E-state index is 10.6. The second-order valence-corrected chi connectivity index (χ2v) is 3.96. The predicted molar refractivity (Wildman–Crippen MR) is 40.0 cm³/mol. The third-order valence-corrected chi connectivity index (χ3v) is 1.12. The minimum absolute atomic E-state index is 0.157. The molecular formula is C6H9O4S. The molecule has 0 aliphatic heterocycles. The van der Waals surface area contributed by atoms with E-state index in [1.807, 2.05) is 0 Å². The molecule has 0 spiro atoms. The second-order valence-electron chi connectivity index (χ2n) is 2.11. The largest absolute Gasteiger partial charge is 0.437 e. The first-order valence-electron chi connectivity index (χ1n) is 2.72. The number of hydrogen-bond acceptors (Lipinski definition) is 4. The van der Waals surface area contributed by atoms with Crippen molar-refractivity contribution < 1.29 is 17.9 Å². The van der Waals surface area contributed by atoms with Crippen LogP contribution in [0.3, 0.4) is 0 Å². The molecule has 0 aromatic heterocycles. The summed E-state index contributed by atoms with van der Waals surface area (Å²) in [7, 11) is -3.36. The molecule has 11 heavy (non-hydrogen) atoms. The normalized spacial score (nSPS) is 10.7. The van der Waals surface area contributed by atoms with Crippen molar-refractivity contribution >= 4 is 15.8 Å². The lowest BCUT2D eigenvalue weighted by molar-refractivity contribution is -0.134. The number of carbonyl (C=O) groups excluding carboxylic acids is 1. The highest BCUT2D eigenvalue weighted by molar-refractivity contribution is 7.92. The van der Waals surface area contributed by atoms with Gasteiger partial charge in [-0.2, -0.15) is 0 Å². The molecule has 0 aliphatic rings. The molecule has 0 aliphatic carbocycles. The number of esters is 1. The number of carbonyl (C=O) groups is 1. The quantitative estimate of drug-likeness (QED) is 0.458. The first kappa shape index (κ1) is 10.2. The van der Waals surface area contributed by atoms with E-state index in [0.717, 1.165) is 6.26 Å². The molecule has 0 unspecified atom stereocenters. The van der Waals surface area contributed by atoms with E-state index in [-0.39, 0.29) is 5.57 Å². The van der Waals surface area contributed by atoms with Crippen LogP contribution in [0.5, 0.6) is 0 Å². The fourth-order valence-electron chi connectivity index (χ4n) is 0.232. The summed E-state index contributed by atoms with van der Waals surface area (Å²) in [5.41, 5.74) is 0.157. The van der Waals surface area contributed by atoms with E-state index in [9.17, 15) is 13.2 Å². The second kappa shape index (κ2) is 3.52. The third kappa shape index (κ3) is 5.60. The zero-order chi connectivity index (χ0) is 9.07. The van der Waals surface area contributed by atoms with Gasteiger partial charge in [-0.05, 0) is 6.92 Å². The molecule has 0 aromatic rings. The first-order valence-corrected chi connectivity index (χ1v) is 4.68. The fraction of sp³-hybridized carbons (Fsp3) is 0.333. The summed E-state index contributed by atoms with van der Waals surface area (Å²) in [4.78, 5) is 10.6. The van der Waals surface area contributed by atoms with E-state index in [0.29, 0.717) is 5.94 Å². The summed E-state index contributed by atoms with van der Waals surface area (Å²) < 4.78 is 25.0. The molecule has 63 valence electrons. The lowest BCUT2D eigenvalue weighted by Gasteiger charge is -1.99. The van der Waals surface area contributed by atoms with E-state index in [1.165, 1.54) is 6.92 Å². The van der Waals surface area contributed by atoms with Crippen LogP contribution in [0.15, 0.2) is 12.2 Å². The van der Waals surface area contributed by atoms with Crippen LogP contribution in [0.2, 0.25) is 0 Å². The Hall–Kier alpha value is -0.840. The van der Waals surface area contributed by atoms with Gasteiger partial charge in [0.2, 0.25) is 0 Å². The van der Waals surface area contributed by atoms with Crippen LogP contribution < -0.4 is 0 Å². The van der Waals surface area contributed by atoms with Crippen molar-refractivity contribution in [3.63, 3.8) is 0 Å². The predicted octanol–water partition coefficient (Wildman–Crippen LogP) is 0.270. The molecular weight excluding hydrogens is 168 g/mol. The standard InChI is InChI=1S/C6H9O4S/c1-5(2)6(7)10-4-11(3,8)9/h4H,1H2,2-3H3. The van der Waals surface area contributed by atoms with Gasteiger partial charge in [0.15, 0.2) is 9.84 Å². The number of hydrogen-bond donors (Lipinski definition) is 0. The van der Waals surface area contributed by atoms with Gasteiger partial charge in [0.05, 0.1) is 0 Å². The van der Waals surface area contributed by atoms with E-state index in [4.69, 9.17) is 0 Å². The van der Waals surface area contributed by atoms with Gasteiger partial charge < -0.3 is 4.74 Å². The van der Waals surface area contributed by atoms with Crippen molar-refractivity contribution in [2.45, 2.75) is 6.92 Å². The first-order chi connectivity index (χ1) is 4.83. The van der Waals surface area contributed by atoms with Crippen molar-refractivity contribution in [2.24, 2.45) is 0 Å². The van der Waals surface area contributed by atoms with Gasteiger partial charge in [-0.25, -0.2) is 13.2 Å². The molecule has 0 aromatic carbocycles. The number of rotatable bonds is 3. The number of ether oxygens (including phenoxy) is 1. The Bertz CT molecular complexity index is 262. The minimum Gasteiger partial charge on any atom is -0.437 e. The lowest BCUT2D eigenvalue weighted by atomic mass is 10.4. The van der Waals surface area contributed by atoms with Crippen molar-refractivity contribution in [3.05, 3.63) is 18.1 Å². The van der Waals surface area contributed by atoms with Crippen molar-refractivity contribution in [1.29, 1.82) is 0 Å². The molecule has 0 bridgehead atoms. The Labute approximate surface area is 65.8 Å². The average molecular weight is 177 g/mol. The van der Waals surface area contributed by atoms with E-state index in [1.54, 1.807) is 0 Å². The van der Waals surface area contributed by atoms with Gasteiger partial charge >= 0.3 is 5.97 Å². The minimum atomic E-state index is -3.36. The SMILES string of the molecule is C=C(C)C(=O)O[CH]S(C)(=O)=O. The summed E-state index contributed by atoms with van der Waals surface area (Å²) in [6.45, 7) is 4.70. The monoisotopic (exact) mass is 177 g/mol. The molecule has 0 saturated carbocycles. The Morgan fingerprint density at radius 2 is 2.00 bits per heavy atom. The lowest BCUT2D eigenvalue weighted by Crippen LogP contribution is -2.07. The smallest absolute Gasteiger partial charge is 0.334 e. The Morgan fingerprint density at radius 1 is 1.55 bits per heavy atom. The van der Waals surface area contributed by atoms with E-state index in [2.05, 4.69) is 11.3 Å². The summed E-state index contributed by atoms with van der Waals surface area (Å²) >= 11 is 0. The molecule has 4 nitrogen and oxygen atoms in total. The molecule has 0 atom stereocenters. The Morgan fingerprint density at radius 3 is 2.27 bits per heavy atom. The van der Waals surface area contributed by atoms with Crippen LogP contribution in [-0.4, -0.2) is 20.6 Å². The van der Waals surface area contributed by atoms with Crippen LogP contribution in [0.1, 0.15) is 6.92 Å². The van der Waals surface area contributed by atoms with E-state index >= 15 is 0 Å². The van der Waals surface area contributed by atoms with Crippen molar-refractivity contribution in [2.75, 3.05) is 6.26 Å². The molecule has 0 heterocycles. The maximum Gasteiger partial charge on any atom is 0.334 e.